The van der Waals surface area contributed by atoms with E-state index < -0.39 is 0 Å². The van der Waals surface area contributed by atoms with Crippen molar-refractivity contribution in [2.24, 2.45) is 5.73 Å². The molecule has 1 unspecified atom stereocenters. The van der Waals surface area contributed by atoms with Gasteiger partial charge in [0.25, 0.3) is 0 Å². The van der Waals surface area contributed by atoms with Crippen molar-refractivity contribution in [1.29, 1.82) is 0 Å². The second-order valence-corrected chi connectivity index (χ2v) is 4.63. The fourth-order valence-electron chi connectivity index (χ4n) is 1.93. The van der Waals surface area contributed by atoms with Gasteiger partial charge in [0.1, 0.15) is 0 Å². The lowest BCUT2D eigenvalue weighted by Crippen LogP contribution is -2.18. The molecule has 0 heterocycles. The van der Waals surface area contributed by atoms with E-state index in [1.165, 1.54) is 36.8 Å². The third kappa shape index (κ3) is 4.80. The molecule has 0 aliphatic rings. The lowest BCUT2D eigenvalue weighted by Gasteiger charge is -2.08. The van der Waals surface area contributed by atoms with Crippen LogP contribution in [0.5, 0.6) is 0 Å². The lowest BCUT2D eigenvalue weighted by molar-refractivity contribution is 0.568. The fraction of sp³-hybridized carbons (Fsp3) is 0.600. The summed E-state index contributed by atoms with van der Waals surface area (Å²) in [4.78, 5) is 0. The molecule has 0 bridgehead atoms. The molecule has 1 rings (SSSR count). The van der Waals surface area contributed by atoms with Crippen molar-refractivity contribution in [2.75, 3.05) is 0 Å². The summed E-state index contributed by atoms with van der Waals surface area (Å²) in [6.45, 7) is 4.38. The molecule has 0 saturated carbocycles. The Kier molecular flexibility index (Phi) is 6.17. The van der Waals surface area contributed by atoms with E-state index in [1.807, 2.05) is 0 Å². The standard InChI is InChI=1S/C15H25N/c1-3-6-13-9-11-14(12-10-13)7-5-8-15(16)4-2/h9-12,15H,3-8,16H2,1-2H3. The van der Waals surface area contributed by atoms with Gasteiger partial charge in [0, 0.05) is 6.04 Å². The Morgan fingerprint density at radius 1 is 1.00 bits per heavy atom. The van der Waals surface area contributed by atoms with Crippen LogP contribution >= 0.6 is 0 Å². The Morgan fingerprint density at radius 2 is 1.56 bits per heavy atom. The van der Waals surface area contributed by atoms with Crippen LogP contribution in [-0.4, -0.2) is 6.04 Å². The molecule has 1 aromatic carbocycles. The van der Waals surface area contributed by atoms with Gasteiger partial charge in [-0.2, -0.15) is 0 Å². The topological polar surface area (TPSA) is 26.0 Å². The van der Waals surface area contributed by atoms with Crippen LogP contribution in [0.1, 0.15) is 50.7 Å². The minimum atomic E-state index is 0.388. The average Bonchev–Trinajstić information content (AvgIpc) is 2.31. The van der Waals surface area contributed by atoms with Gasteiger partial charge in [-0.05, 0) is 43.2 Å². The average molecular weight is 219 g/mol. The van der Waals surface area contributed by atoms with Gasteiger partial charge in [-0.1, -0.05) is 44.5 Å². The number of hydrogen-bond acceptors (Lipinski definition) is 1. The highest BCUT2D eigenvalue weighted by atomic mass is 14.6. The van der Waals surface area contributed by atoms with Crippen LogP contribution in [0, 0.1) is 0 Å². The third-order valence-electron chi connectivity index (χ3n) is 3.13. The van der Waals surface area contributed by atoms with E-state index >= 15 is 0 Å². The molecule has 0 radical (unpaired) electrons. The van der Waals surface area contributed by atoms with Crippen LogP contribution in [0.4, 0.5) is 0 Å². The molecule has 0 spiro atoms. The van der Waals surface area contributed by atoms with Gasteiger partial charge >= 0.3 is 0 Å². The first-order valence-electron chi connectivity index (χ1n) is 6.59. The van der Waals surface area contributed by atoms with Crippen molar-refractivity contribution < 1.29 is 0 Å². The number of benzene rings is 1. The van der Waals surface area contributed by atoms with E-state index in [9.17, 15) is 0 Å². The number of nitrogens with two attached hydrogens (primary N) is 1. The number of aryl methyl sites for hydroxylation is 2. The van der Waals surface area contributed by atoms with Crippen LogP contribution in [0.25, 0.3) is 0 Å². The Bertz CT molecular complexity index is 276. The molecule has 1 aromatic rings. The molecule has 0 amide bonds. The van der Waals surface area contributed by atoms with Crippen molar-refractivity contribution >= 4 is 0 Å². The minimum absolute atomic E-state index is 0.388. The zero-order valence-corrected chi connectivity index (χ0v) is 10.7. The molecule has 2 N–H and O–H groups in total. The smallest absolute Gasteiger partial charge is 0.00363 e. The van der Waals surface area contributed by atoms with Crippen molar-refractivity contribution in [3.8, 4) is 0 Å². The summed E-state index contributed by atoms with van der Waals surface area (Å²) >= 11 is 0. The third-order valence-corrected chi connectivity index (χ3v) is 3.13. The van der Waals surface area contributed by atoms with E-state index in [0.717, 1.165) is 12.8 Å². The van der Waals surface area contributed by atoms with E-state index in [0.29, 0.717) is 6.04 Å². The van der Waals surface area contributed by atoms with Crippen LogP contribution in [0.15, 0.2) is 24.3 Å². The highest BCUT2D eigenvalue weighted by Crippen LogP contribution is 2.10. The summed E-state index contributed by atoms with van der Waals surface area (Å²) in [5.74, 6) is 0. The molecule has 0 aliphatic heterocycles. The first-order valence-corrected chi connectivity index (χ1v) is 6.59. The van der Waals surface area contributed by atoms with Crippen molar-refractivity contribution in [2.45, 2.75) is 58.4 Å². The predicted octanol–water partition coefficient (Wildman–Crippen LogP) is 3.70. The molecule has 0 aromatic heterocycles. The molecular weight excluding hydrogens is 194 g/mol. The molecule has 1 atom stereocenters. The molecule has 90 valence electrons. The SMILES string of the molecule is CCCc1ccc(CCCC(N)CC)cc1. The lowest BCUT2D eigenvalue weighted by atomic mass is 10.0. The van der Waals surface area contributed by atoms with Crippen LogP contribution in [-0.2, 0) is 12.8 Å². The molecular formula is C15H25N. The Labute approximate surface area is 100 Å². The first-order chi connectivity index (χ1) is 7.76. The van der Waals surface area contributed by atoms with E-state index in [4.69, 9.17) is 5.73 Å². The zero-order chi connectivity index (χ0) is 11.8. The minimum Gasteiger partial charge on any atom is -0.328 e. The van der Waals surface area contributed by atoms with Crippen LogP contribution < -0.4 is 5.73 Å². The maximum absolute atomic E-state index is 5.90. The summed E-state index contributed by atoms with van der Waals surface area (Å²) in [6, 6.07) is 9.45. The Balaban J connectivity index is 2.31. The van der Waals surface area contributed by atoms with Gasteiger partial charge < -0.3 is 5.73 Å². The summed E-state index contributed by atoms with van der Waals surface area (Å²) in [6.07, 6.45) is 7.04. The van der Waals surface area contributed by atoms with E-state index in [2.05, 4.69) is 38.1 Å². The first kappa shape index (κ1) is 13.2. The second-order valence-electron chi connectivity index (χ2n) is 4.63. The molecule has 1 heteroatoms. The largest absolute Gasteiger partial charge is 0.328 e. The molecule has 16 heavy (non-hydrogen) atoms. The summed E-state index contributed by atoms with van der Waals surface area (Å²) in [5.41, 5.74) is 8.80. The Morgan fingerprint density at radius 3 is 2.06 bits per heavy atom. The quantitative estimate of drug-likeness (QED) is 0.743. The van der Waals surface area contributed by atoms with Gasteiger partial charge in [-0.15, -0.1) is 0 Å². The van der Waals surface area contributed by atoms with E-state index in [1.54, 1.807) is 0 Å². The molecule has 0 saturated heterocycles. The van der Waals surface area contributed by atoms with Crippen molar-refractivity contribution in [3.63, 3.8) is 0 Å². The van der Waals surface area contributed by atoms with Crippen LogP contribution in [0.2, 0.25) is 0 Å². The van der Waals surface area contributed by atoms with Gasteiger partial charge in [0.15, 0.2) is 0 Å². The highest BCUT2D eigenvalue weighted by molar-refractivity contribution is 5.22. The summed E-state index contributed by atoms with van der Waals surface area (Å²) in [5, 5.41) is 0. The fourth-order valence-corrected chi connectivity index (χ4v) is 1.93. The monoisotopic (exact) mass is 219 g/mol. The predicted molar refractivity (Wildman–Crippen MR) is 71.6 cm³/mol. The maximum atomic E-state index is 5.90. The maximum Gasteiger partial charge on any atom is 0.00363 e. The van der Waals surface area contributed by atoms with Gasteiger partial charge in [0.05, 0.1) is 0 Å². The number of rotatable bonds is 7. The molecule has 1 nitrogen and oxygen atoms in total. The van der Waals surface area contributed by atoms with Gasteiger partial charge in [-0.25, -0.2) is 0 Å². The normalized spacial score (nSPS) is 12.7. The van der Waals surface area contributed by atoms with Crippen molar-refractivity contribution in [1.82, 2.24) is 0 Å². The van der Waals surface area contributed by atoms with Gasteiger partial charge in [-0.3, -0.25) is 0 Å². The highest BCUT2D eigenvalue weighted by Gasteiger charge is 1.99. The summed E-state index contributed by atoms with van der Waals surface area (Å²) in [7, 11) is 0. The second kappa shape index (κ2) is 7.45. The zero-order valence-electron chi connectivity index (χ0n) is 10.7. The van der Waals surface area contributed by atoms with Gasteiger partial charge in [0.2, 0.25) is 0 Å². The van der Waals surface area contributed by atoms with Crippen LogP contribution in [0.3, 0.4) is 0 Å². The molecule has 0 aliphatic carbocycles. The molecule has 0 fully saturated rings. The van der Waals surface area contributed by atoms with E-state index in [-0.39, 0.29) is 0 Å². The van der Waals surface area contributed by atoms with Crippen molar-refractivity contribution in [3.05, 3.63) is 35.4 Å². The Hall–Kier alpha value is -0.820. The number of hydrogen-bond donors (Lipinski definition) is 1. The summed E-state index contributed by atoms with van der Waals surface area (Å²) < 4.78 is 0.